The van der Waals surface area contributed by atoms with E-state index in [1.165, 1.54) is 0 Å². The van der Waals surface area contributed by atoms with Gasteiger partial charge in [0.1, 0.15) is 12.4 Å². The average Bonchev–Trinajstić information content (AvgIpc) is 2.54. The zero-order valence-electron chi connectivity index (χ0n) is 13.1. The van der Waals surface area contributed by atoms with Crippen molar-refractivity contribution in [3.8, 4) is 5.75 Å². The molecule has 0 radical (unpaired) electrons. The highest BCUT2D eigenvalue weighted by atomic mass is 79.9. The maximum atomic E-state index is 12.0. The predicted octanol–water partition coefficient (Wildman–Crippen LogP) is 4.85. The number of carbonyl (C=O) groups is 1. The molecule has 0 atom stereocenters. The zero-order valence-corrected chi connectivity index (χ0v) is 16.2. The Balaban J connectivity index is 2.06. The zero-order chi connectivity index (χ0) is 17.5. The Morgan fingerprint density at radius 2 is 2.00 bits per heavy atom. The molecule has 2 rings (SSSR count). The highest BCUT2D eigenvalue weighted by Gasteiger charge is 2.08. The summed E-state index contributed by atoms with van der Waals surface area (Å²) >= 11 is 6.91. The fourth-order valence-electron chi connectivity index (χ4n) is 1.95. The van der Waals surface area contributed by atoms with Gasteiger partial charge in [0, 0.05) is 5.56 Å². The normalized spacial score (nSPS) is 10.6. The van der Waals surface area contributed by atoms with Gasteiger partial charge in [-0.1, -0.05) is 30.4 Å². The van der Waals surface area contributed by atoms with Crippen LogP contribution in [0.4, 0.5) is 0 Å². The number of halogens is 2. The van der Waals surface area contributed by atoms with Crippen molar-refractivity contribution in [3.63, 3.8) is 0 Å². The van der Waals surface area contributed by atoms with Gasteiger partial charge in [-0.15, -0.1) is 0 Å². The second kappa shape index (κ2) is 8.80. The van der Waals surface area contributed by atoms with Crippen molar-refractivity contribution in [2.24, 2.45) is 5.10 Å². The highest BCUT2D eigenvalue weighted by Crippen LogP contribution is 2.34. The first-order valence-corrected chi connectivity index (χ1v) is 8.72. The third kappa shape index (κ3) is 5.04. The molecule has 0 saturated carbocycles. The summed E-state index contributed by atoms with van der Waals surface area (Å²) in [6.07, 6.45) is 3.25. The number of nitrogens with one attached hydrogen (secondary N) is 1. The van der Waals surface area contributed by atoms with Gasteiger partial charge in [0.15, 0.2) is 0 Å². The van der Waals surface area contributed by atoms with Crippen molar-refractivity contribution < 1.29 is 9.53 Å². The van der Waals surface area contributed by atoms with Gasteiger partial charge in [-0.25, -0.2) is 5.43 Å². The van der Waals surface area contributed by atoms with Crippen LogP contribution in [0, 0.1) is 6.92 Å². The maximum Gasteiger partial charge on any atom is 0.271 e. The van der Waals surface area contributed by atoms with Crippen LogP contribution in [0.15, 0.2) is 63.1 Å². The molecule has 0 aliphatic rings. The molecule has 0 spiro atoms. The third-order valence-electron chi connectivity index (χ3n) is 3.03. The number of carbonyl (C=O) groups excluding carboxylic acids is 1. The van der Waals surface area contributed by atoms with Gasteiger partial charge in [0.25, 0.3) is 5.91 Å². The van der Waals surface area contributed by atoms with E-state index in [1.54, 1.807) is 18.4 Å². The van der Waals surface area contributed by atoms with Gasteiger partial charge < -0.3 is 4.74 Å². The molecule has 0 heterocycles. The summed E-state index contributed by atoms with van der Waals surface area (Å²) in [6.45, 7) is 5.97. The molecule has 0 fully saturated rings. The average molecular weight is 452 g/mol. The summed E-state index contributed by atoms with van der Waals surface area (Å²) in [5, 5.41) is 4.00. The molecule has 0 aliphatic heterocycles. The second-order valence-electron chi connectivity index (χ2n) is 4.98. The van der Waals surface area contributed by atoms with Crippen molar-refractivity contribution in [1.82, 2.24) is 5.43 Å². The number of benzene rings is 2. The number of aryl methyl sites for hydroxylation is 1. The van der Waals surface area contributed by atoms with E-state index >= 15 is 0 Å². The molecular formula is C18H16Br2N2O2. The summed E-state index contributed by atoms with van der Waals surface area (Å²) in [4.78, 5) is 12.0. The summed E-state index contributed by atoms with van der Waals surface area (Å²) in [6, 6.07) is 11.0. The van der Waals surface area contributed by atoms with Crippen LogP contribution in [0.25, 0.3) is 0 Å². The first kappa shape index (κ1) is 18.4. The van der Waals surface area contributed by atoms with Crippen LogP contribution in [-0.2, 0) is 0 Å². The van der Waals surface area contributed by atoms with Crippen molar-refractivity contribution in [2.75, 3.05) is 6.61 Å². The van der Waals surface area contributed by atoms with Crippen LogP contribution in [-0.4, -0.2) is 18.7 Å². The molecule has 0 saturated heterocycles. The minimum atomic E-state index is -0.251. The van der Waals surface area contributed by atoms with Crippen LogP contribution in [0.3, 0.4) is 0 Å². The van der Waals surface area contributed by atoms with E-state index in [4.69, 9.17) is 4.74 Å². The number of hydrogen-bond donors (Lipinski definition) is 1. The Kier molecular flexibility index (Phi) is 6.75. The van der Waals surface area contributed by atoms with Crippen molar-refractivity contribution in [2.45, 2.75) is 6.92 Å². The summed E-state index contributed by atoms with van der Waals surface area (Å²) in [5.74, 6) is 0.440. The van der Waals surface area contributed by atoms with E-state index in [-0.39, 0.29) is 5.91 Å². The van der Waals surface area contributed by atoms with E-state index in [9.17, 15) is 4.79 Å². The first-order chi connectivity index (χ1) is 11.5. The molecule has 24 heavy (non-hydrogen) atoms. The quantitative estimate of drug-likeness (QED) is 0.387. The van der Waals surface area contributed by atoms with E-state index in [2.05, 4.69) is 49.0 Å². The highest BCUT2D eigenvalue weighted by molar-refractivity contribution is 9.11. The molecule has 1 N–H and O–H groups in total. The van der Waals surface area contributed by atoms with Crippen LogP contribution < -0.4 is 10.2 Å². The van der Waals surface area contributed by atoms with Gasteiger partial charge >= 0.3 is 0 Å². The van der Waals surface area contributed by atoms with Gasteiger partial charge in [-0.2, -0.15) is 5.10 Å². The monoisotopic (exact) mass is 450 g/mol. The lowest BCUT2D eigenvalue weighted by Gasteiger charge is -2.09. The number of ether oxygens (including phenoxy) is 1. The Hall–Kier alpha value is -1.92. The van der Waals surface area contributed by atoms with Gasteiger partial charge in [0.05, 0.1) is 15.2 Å². The molecule has 0 unspecified atom stereocenters. The predicted molar refractivity (Wildman–Crippen MR) is 104 cm³/mol. The van der Waals surface area contributed by atoms with Crippen LogP contribution in [0.5, 0.6) is 5.75 Å². The van der Waals surface area contributed by atoms with Crippen molar-refractivity contribution in [1.29, 1.82) is 0 Å². The minimum absolute atomic E-state index is 0.251. The lowest BCUT2D eigenvalue weighted by atomic mass is 10.1. The van der Waals surface area contributed by atoms with Crippen LogP contribution in [0.2, 0.25) is 0 Å². The molecule has 0 bridgehead atoms. The maximum absolute atomic E-state index is 12.0. The van der Waals surface area contributed by atoms with Crippen molar-refractivity contribution >= 4 is 44.0 Å². The first-order valence-electron chi connectivity index (χ1n) is 7.14. The number of amides is 1. The minimum Gasteiger partial charge on any atom is -0.487 e. The van der Waals surface area contributed by atoms with Crippen molar-refractivity contribution in [3.05, 3.63) is 74.7 Å². The lowest BCUT2D eigenvalue weighted by molar-refractivity contribution is 0.0955. The van der Waals surface area contributed by atoms with Gasteiger partial charge in [-0.05, 0) is 68.6 Å². The molecule has 0 aliphatic carbocycles. The molecule has 4 nitrogen and oxygen atoms in total. The van der Waals surface area contributed by atoms with Gasteiger partial charge in [0.2, 0.25) is 0 Å². The summed E-state index contributed by atoms with van der Waals surface area (Å²) in [7, 11) is 0. The summed E-state index contributed by atoms with van der Waals surface area (Å²) in [5.41, 5.74) is 4.92. The van der Waals surface area contributed by atoms with Crippen LogP contribution >= 0.6 is 31.9 Å². The topological polar surface area (TPSA) is 50.7 Å². The molecular weight excluding hydrogens is 436 g/mol. The molecule has 1 amide bonds. The Bertz CT molecular complexity index is 765. The molecule has 6 heteroatoms. The molecule has 0 aromatic heterocycles. The Morgan fingerprint density at radius 1 is 1.29 bits per heavy atom. The fraction of sp³-hybridized carbons (Fsp3) is 0.111. The van der Waals surface area contributed by atoms with Crippen LogP contribution in [0.1, 0.15) is 21.5 Å². The van der Waals surface area contributed by atoms with Gasteiger partial charge in [-0.3, -0.25) is 4.79 Å². The standard InChI is InChI=1S/C18H16Br2N2O2/c1-3-7-24-17-15(19)9-13(10-16(17)20)11-21-22-18(23)14-6-4-5-12(2)8-14/h3-6,8-11H,1,7H2,2H3,(H,22,23)/b21-11+. The molecule has 124 valence electrons. The number of hydrogen-bond acceptors (Lipinski definition) is 3. The third-order valence-corrected chi connectivity index (χ3v) is 4.20. The number of hydrazone groups is 1. The van der Waals surface area contributed by atoms with E-state index in [0.717, 1.165) is 20.1 Å². The van der Waals surface area contributed by atoms with E-state index < -0.39 is 0 Å². The van der Waals surface area contributed by atoms with E-state index in [1.807, 2.05) is 37.3 Å². The number of nitrogens with zero attached hydrogens (tertiary/aromatic N) is 1. The fourth-order valence-corrected chi connectivity index (χ4v) is 3.40. The molecule has 2 aromatic carbocycles. The number of rotatable bonds is 6. The largest absolute Gasteiger partial charge is 0.487 e. The lowest BCUT2D eigenvalue weighted by Crippen LogP contribution is -2.17. The Labute approximate surface area is 157 Å². The second-order valence-corrected chi connectivity index (χ2v) is 6.69. The summed E-state index contributed by atoms with van der Waals surface area (Å²) < 4.78 is 7.12. The SMILES string of the molecule is C=CCOc1c(Br)cc(/C=N/NC(=O)c2cccc(C)c2)cc1Br. The Morgan fingerprint density at radius 3 is 2.62 bits per heavy atom. The van der Waals surface area contributed by atoms with E-state index in [0.29, 0.717) is 17.9 Å². The smallest absolute Gasteiger partial charge is 0.271 e. The molecule has 2 aromatic rings.